The van der Waals surface area contributed by atoms with Crippen molar-refractivity contribution in [2.75, 3.05) is 12.8 Å². The summed E-state index contributed by atoms with van der Waals surface area (Å²) in [6, 6.07) is 2.79. The van der Waals surface area contributed by atoms with Gasteiger partial charge in [-0.2, -0.15) is 9.65 Å². The Morgan fingerprint density at radius 1 is 1.50 bits per heavy atom. The van der Waals surface area contributed by atoms with E-state index in [1.54, 1.807) is 6.07 Å². The largest absolute Gasteiger partial charge is 0.503 e. The SMILES string of the molecule is COC(=O)c1c(N)c(C#N)cn1-c1cc(Br)c(F)c(F)c1O. The van der Waals surface area contributed by atoms with Crippen molar-refractivity contribution >= 4 is 27.6 Å². The molecule has 2 aromatic rings. The smallest absolute Gasteiger partial charge is 0.357 e. The molecule has 1 aromatic heterocycles. The molecule has 1 heterocycles. The molecular weight excluding hydrogens is 364 g/mol. The zero-order valence-electron chi connectivity index (χ0n) is 11.0. The molecule has 1 aromatic carbocycles. The highest BCUT2D eigenvalue weighted by atomic mass is 79.9. The van der Waals surface area contributed by atoms with Gasteiger partial charge in [0.15, 0.2) is 17.3 Å². The maximum absolute atomic E-state index is 13.7. The molecule has 0 aliphatic carbocycles. The van der Waals surface area contributed by atoms with Gasteiger partial charge in [-0.15, -0.1) is 0 Å². The van der Waals surface area contributed by atoms with E-state index >= 15 is 0 Å². The monoisotopic (exact) mass is 371 g/mol. The lowest BCUT2D eigenvalue weighted by atomic mass is 10.2. The number of phenolic OH excluding ortho intramolecular Hbond substituents is 1. The molecule has 0 spiro atoms. The summed E-state index contributed by atoms with van der Waals surface area (Å²) in [5.74, 6) is -4.74. The molecule has 0 amide bonds. The number of halogens is 3. The third-order valence-corrected chi connectivity index (χ3v) is 3.50. The van der Waals surface area contributed by atoms with Crippen LogP contribution in [0.2, 0.25) is 0 Å². The van der Waals surface area contributed by atoms with Crippen molar-refractivity contribution in [1.82, 2.24) is 4.57 Å². The molecule has 0 saturated carbocycles. The summed E-state index contributed by atoms with van der Waals surface area (Å²) in [5.41, 5.74) is 4.83. The number of nitrogens with zero attached hydrogens (tertiary/aromatic N) is 2. The molecule has 0 bridgehead atoms. The minimum atomic E-state index is -1.51. The van der Waals surface area contributed by atoms with Crippen LogP contribution in [0.25, 0.3) is 5.69 Å². The molecule has 114 valence electrons. The van der Waals surface area contributed by atoms with Crippen LogP contribution >= 0.6 is 15.9 Å². The number of nitrogen functional groups attached to an aromatic ring is 1. The van der Waals surface area contributed by atoms with Crippen LogP contribution in [0.5, 0.6) is 5.75 Å². The maximum atomic E-state index is 13.7. The molecule has 0 unspecified atom stereocenters. The van der Waals surface area contributed by atoms with Crippen molar-refractivity contribution < 1.29 is 23.4 Å². The number of nitrogens with two attached hydrogens (primary N) is 1. The highest BCUT2D eigenvalue weighted by molar-refractivity contribution is 9.10. The topological polar surface area (TPSA) is 101 Å². The van der Waals surface area contributed by atoms with E-state index in [4.69, 9.17) is 11.0 Å². The molecule has 0 radical (unpaired) electrons. The molecule has 0 saturated heterocycles. The number of hydrogen-bond acceptors (Lipinski definition) is 5. The summed E-state index contributed by atoms with van der Waals surface area (Å²) in [6.45, 7) is 0. The predicted molar refractivity (Wildman–Crippen MR) is 75.5 cm³/mol. The van der Waals surface area contributed by atoms with E-state index in [-0.39, 0.29) is 27.1 Å². The molecule has 3 N–H and O–H groups in total. The Morgan fingerprint density at radius 3 is 2.68 bits per heavy atom. The van der Waals surface area contributed by atoms with Crippen molar-refractivity contribution in [1.29, 1.82) is 5.26 Å². The van der Waals surface area contributed by atoms with Gasteiger partial charge in [-0.1, -0.05) is 0 Å². The van der Waals surface area contributed by atoms with Gasteiger partial charge >= 0.3 is 5.97 Å². The molecule has 0 fully saturated rings. The van der Waals surface area contributed by atoms with Gasteiger partial charge in [0.05, 0.1) is 28.5 Å². The van der Waals surface area contributed by atoms with Gasteiger partial charge < -0.3 is 20.1 Å². The van der Waals surface area contributed by atoms with E-state index in [0.29, 0.717) is 0 Å². The number of nitriles is 1. The number of carbonyl (C=O) groups excluding carboxylic acids is 1. The molecule has 0 aliphatic rings. The van der Waals surface area contributed by atoms with Crippen LogP contribution in [0.4, 0.5) is 14.5 Å². The number of ether oxygens (including phenoxy) is 1. The van der Waals surface area contributed by atoms with E-state index in [1.807, 2.05) is 0 Å². The summed E-state index contributed by atoms with van der Waals surface area (Å²) >= 11 is 2.80. The number of hydrogen-bond donors (Lipinski definition) is 2. The zero-order chi connectivity index (χ0) is 16.6. The number of methoxy groups -OCH3 is 1. The molecule has 0 aliphatic heterocycles. The summed E-state index contributed by atoms with van der Waals surface area (Å²) in [5, 5.41) is 18.8. The molecule has 9 heteroatoms. The quantitative estimate of drug-likeness (QED) is 0.623. The summed E-state index contributed by atoms with van der Waals surface area (Å²) in [6.07, 6.45) is 1.11. The first-order valence-electron chi connectivity index (χ1n) is 5.69. The van der Waals surface area contributed by atoms with Crippen LogP contribution in [0.3, 0.4) is 0 Å². The molecule has 0 atom stereocenters. The fourth-order valence-electron chi connectivity index (χ4n) is 1.86. The highest BCUT2D eigenvalue weighted by Gasteiger charge is 2.25. The number of rotatable bonds is 2. The number of aromatic nitrogens is 1. The van der Waals surface area contributed by atoms with E-state index in [2.05, 4.69) is 20.7 Å². The number of phenols is 1. The van der Waals surface area contributed by atoms with Gasteiger partial charge in [0, 0.05) is 6.20 Å². The van der Waals surface area contributed by atoms with E-state index in [1.165, 1.54) is 0 Å². The second-order valence-corrected chi connectivity index (χ2v) is 4.99. The Kier molecular flexibility index (Phi) is 4.05. The number of anilines is 1. The number of benzene rings is 1. The van der Waals surface area contributed by atoms with Crippen molar-refractivity contribution in [2.45, 2.75) is 0 Å². The lowest BCUT2D eigenvalue weighted by Crippen LogP contribution is -2.11. The number of aromatic hydroxyl groups is 1. The van der Waals surface area contributed by atoms with Crippen LogP contribution < -0.4 is 5.73 Å². The lowest BCUT2D eigenvalue weighted by molar-refractivity contribution is 0.0593. The summed E-state index contributed by atoms with van der Waals surface area (Å²) in [4.78, 5) is 11.8. The second kappa shape index (κ2) is 5.65. The molecule has 2 rings (SSSR count). The Morgan fingerprint density at radius 2 is 2.14 bits per heavy atom. The standard InChI is InChI=1S/C13H8BrF2N3O3/c1-22-13(21)11-10(18)5(3-17)4-19(11)7-2-6(14)8(15)9(16)12(7)20/h2,4,20H,18H2,1H3. The van der Waals surface area contributed by atoms with Crippen LogP contribution in [-0.4, -0.2) is 22.8 Å². The van der Waals surface area contributed by atoms with Crippen LogP contribution in [0, 0.1) is 23.0 Å². The first-order chi connectivity index (χ1) is 10.3. The molecule has 6 nitrogen and oxygen atoms in total. The molecule has 22 heavy (non-hydrogen) atoms. The van der Waals surface area contributed by atoms with Crippen molar-refractivity contribution in [2.24, 2.45) is 0 Å². The van der Waals surface area contributed by atoms with Crippen molar-refractivity contribution in [3.63, 3.8) is 0 Å². The number of carbonyl (C=O) groups is 1. The van der Waals surface area contributed by atoms with Gasteiger partial charge in [-0.25, -0.2) is 9.18 Å². The second-order valence-electron chi connectivity index (χ2n) is 4.13. The minimum Gasteiger partial charge on any atom is -0.503 e. The van der Waals surface area contributed by atoms with Crippen molar-refractivity contribution in [3.05, 3.63) is 39.6 Å². The Balaban J connectivity index is 2.85. The van der Waals surface area contributed by atoms with Crippen LogP contribution in [0.1, 0.15) is 16.1 Å². The maximum Gasteiger partial charge on any atom is 0.357 e. The van der Waals surface area contributed by atoms with Crippen molar-refractivity contribution in [3.8, 4) is 17.5 Å². The van der Waals surface area contributed by atoms with Gasteiger partial charge in [0.2, 0.25) is 5.82 Å². The average Bonchev–Trinajstić information content (AvgIpc) is 2.84. The Bertz CT molecular complexity index is 827. The first kappa shape index (κ1) is 15.8. The lowest BCUT2D eigenvalue weighted by Gasteiger charge is -2.12. The minimum absolute atomic E-state index is 0.0827. The Labute approximate surface area is 131 Å². The third kappa shape index (κ3) is 2.27. The van der Waals surface area contributed by atoms with Gasteiger partial charge in [0.25, 0.3) is 0 Å². The summed E-state index contributed by atoms with van der Waals surface area (Å²) < 4.78 is 32.3. The Hall–Kier alpha value is -2.60. The van der Waals surface area contributed by atoms with Crippen LogP contribution in [-0.2, 0) is 4.74 Å². The molecular formula is C13H8BrF2N3O3. The first-order valence-corrected chi connectivity index (χ1v) is 6.48. The summed E-state index contributed by atoms with van der Waals surface area (Å²) in [7, 11) is 1.09. The van der Waals surface area contributed by atoms with Gasteiger partial charge in [-0.3, -0.25) is 0 Å². The fourth-order valence-corrected chi connectivity index (χ4v) is 2.25. The third-order valence-electron chi connectivity index (χ3n) is 2.92. The van der Waals surface area contributed by atoms with Gasteiger partial charge in [-0.05, 0) is 22.0 Å². The van der Waals surface area contributed by atoms with Crippen LogP contribution in [0.15, 0.2) is 16.7 Å². The average molecular weight is 372 g/mol. The van der Waals surface area contributed by atoms with Gasteiger partial charge in [0.1, 0.15) is 6.07 Å². The fraction of sp³-hybridized carbons (Fsp3) is 0.0769. The number of esters is 1. The highest BCUT2D eigenvalue weighted by Crippen LogP contribution is 2.35. The normalized spacial score (nSPS) is 10.3. The predicted octanol–water partition coefficient (Wildman–Crippen LogP) is 2.46. The van der Waals surface area contributed by atoms with E-state index < -0.39 is 23.4 Å². The zero-order valence-corrected chi connectivity index (χ0v) is 12.6. The van der Waals surface area contributed by atoms with E-state index in [0.717, 1.165) is 23.9 Å². The van der Waals surface area contributed by atoms with E-state index in [9.17, 15) is 18.7 Å².